The molecular weight excluding hydrogens is 334 g/mol. The third kappa shape index (κ3) is 3.26. The van der Waals surface area contributed by atoms with Crippen LogP contribution in [0.2, 0.25) is 0 Å². The molecule has 0 unspecified atom stereocenters. The van der Waals surface area contributed by atoms with E-state index in [9.17, 15) is 4.79 Å². The largest absolute Gasteiger partial charge is 0.294 e. The molecule has 27 heavy (non-hydrogen) atoms. The second-order valence-corrected chi connectivity index (χ2v) is 6.67. The smallest absolute Gasteiger partial charge is 0.170 e. The predicted octanol–water partition coefficient (Wildman–Crippen LogP) is 4.72. The van der Waals surface area contributed by atoms with Crippen LogP contribution in [0, 0.1) is 6.92 Å². The number of pyridine rings is 1. The zero-order valence-electron chi connectivity index (χ0n) is 15.5. The summed E-state index contributed by atoms with van der Waals surface area (Å²) >= 11 is 0. The maximum Gasteiger partial charge on any atom is 0.170 e. The fourth-order valence-electron chi connectivity index (χ4n) is 3.44. The van der Waals surface area contributed by atoms with Crippen LogP contribution in [-0.4, -0.2) is 20.5 Å². The Labute approximate surface area is 158 Å². The number of aromatic nitrogens is 3. The summed E-state index contributed by atoms with van der Waals surface area (Å²) in [6, 6.07) is 18.1. The number of ketones is 1. The standard InChI is InChI=1S/C23H21N3O/c1-3-18-8-5-7-11-22(18)26-16(2)20(15-25-26)23(27)13-17-12-19-9-4-6-10-21(19)24-14-17/h4-12,14-15H,3,13H2,1-2H3. The van der Waals surface area contributed by atoms with Gasteiger partial charge in [0.2, 0.25) is 0 Å². The number of rotatable bonds is 5. The monoisotopic (exact) mass is 355 g/mol. The van der Waals surface area contributed by atoms with Gasteiger partial charge in [-0.3, -0.25) is 9.78 Å². The van der Waals surface area contributed by atoms with Crippen molar-refractivity contribution in [2.24, 2.45) is 0 Å². The first-order chi connectivity index (χ1) is 13.2. The summed E-state index contributed by atoms with van der Waals surface area (Å²) in [5.41, 5.74) is 5.63. The van der Waals surface area contributed by atoms with Crippen molar-refractivity contribution in [2.45, 2.75) is 26.7 Å². The van der Waals surface area contributed by atoms with Crippen LogP contribution in [0.25, 0.3) is 16.6 Å². The van der Waals surface area contributed by atoms with E-state index in [1.54, 1.807) is 12.4 Å². The fourth-order valence-corrected chi connectivity index (χ4v) is 3.44. The molecule has 4 heteroatoms. The summed E-state index contributed by atoms with van der Waals surface area (Å²) in [4.78, 5) is 17.3. The number of carbonyl (C=O) groups excluding carboxylic acids is 1. The first-order valence-electron chi connectivity index (χ1n) is 9.17. The van der Waals surface area contributed by atoms with Crippen LogP contribution in [0.1, 0.15) is 34.1 Å². The van der Waals surface area contributed by atoms with E-state index < -0.39 is 0 Å². The van der Waals surface area contributed by atoms with E-state index in [0.29, 0.717) is 12.0 Å². The van der Waals surface area contributed by atoms with E-state index in [1.165, 1.54) is 5.56 Å². The van der Waals surface area contributed by atoms with E-state index in [1.807, 2.05) is 60.1 Å². The Morgan fingerprint density at radius 2 is 1.81 bits per heavy atom. The SMILES string of the molecule is CCc1ccccc1-n1ncc(C(=O)Cc2cnc3ccccc3c2)c1C. The quantitative estimate of drug-likeness (QED) is 0.487. The van der Waals surface area contributed by atoms with Gasteiger partial charge in [-0.05, 0) is 42.7 Å². The van der Waals surface area contributed by atoms with E-state index in [-0.39, 0.29) is 5.78 Å². The average Bonchev–Trinajstić information content (AvgIpc) is 3.09. The molecule has 0 amide bonds. The number of hydrogen-bond donors (Lipinski definition) is 0. The number of fused-ring (bicyclic) bond motifs is 1. The van der Waals surface area contributed by atoms with Crippen molar-refractivity contribution >= 4 is 16.7 Å². The summed E-state index contributed by atoms with van der Waals surface area (Å²) in [6.45, 7) is 4.07. The maximum absolute atomic E-state index is 12.9. The number of aryl methyl sites for hydroxylation is 1. The van der Waals surface area contributed by atoms with Crippen LogP contribution in [0.3, 0.4) is 0 Å². The average molecular weight is 355 g/mol. The summed E-state index contributed by atoms with van der Waals surface area (Å²) in [5, 5.41) is 5.54. The van der Waals surface area contributed by atoms with Crippen molar-refractivity contribution in [1.82, 2.24) is 14.8 Å². The van der Waals surface area contributed by atoms with Gasteiger partial charge in [-0.15, -0.1) is 0 Å². The minimum absolute atomic E-state index is 0.0600. The lowest BCUT2D eigenvalue weighted by Crippen LogP contribution is -2.07. The molecule has 0 aliphatic carbocycles. The van der Waals surface area contributed by atoms with Gasteiger partial charge in [0.1, 0.15) is 0 Å². The van der Waals surface area contributed by atoms with Crippen LogP contribution in [0.4, 0.5) is 0 Å². The zero-order valence-corrected chi connectivity index (χ0v) is 15.5. The lowest BCUT2D eigenvalue weighted by molar-refractivity contribution is 0.0992. The maximum atomic E-state index is 12.9. The van der Waals surface area contributed by atoms with Gasteiger partial charge in [-0.2, -0.15) is 5.10 Å². The van der Waals surface area contributed by atoms with E-state index in [2.05, 4.69) is 23.1 Å². The molecule has 0 aliphatic heterocycles. The minimum atomic E-state index is 0.0600. The Morgan fingerprint density at radius 3 is 2.67 bits per heavy atom. The Hall–Kier alpha value is -3.27. The Morgan fingerprint density at radius 1 is 1.04 bits per heavy atom. The van der Waals surface area contributed by atoms with Crippen LogP contribution in [0.5, 0.6) is 0 Å². The molecule has 4 nitrogen and oxygen atoms in total. The molecule has 2 aromatic heterocycles. The number of para-hydroxylation sites is 2. The number of nitrogens with zero attached hydrogens (tertiary/aromatic N) is 3. The highest BCUT2D eigenvalue weighted by Crippen LogP contribution is 2.20. The van der Waals surface area contributed by atoms with Crippen LogP contribution in [-0.2, 0) is 12.8 Å². The summed E-state index contributed by atoms with van der Waals surface area (Å²) in [5.74, 6) is 0.0600. The van der Waals surface area contributed by atoms with Gasteiger partial charge < -0.3 is 0 Å². The molecular formula is C23H21N3O. The predicted molar refractivity (Wildman–Crippen MR) is 107 cm³/mol. The number of Topliss-reactive ketones (excluding diaryl/α,β-unsaturated/α-hetero) is 1. The highest BCUT2D eigenvalue weighted by Gasteiger charge is 2.17. The zero-order chi connectivity index (χ0) is 18.8. The topological polar surface area (TPSA) is 47.8 Å². The Balaban J connectivity index is 1.63. The molecule has 4 rings (SSSR count). The Kier molecular flexibility index (Phi) is 4.55. The van der Waals surface area contributed by atoms with Crippen molar-refractivity contribution in [3.8, 4) is 5.69 Å². The van der Waals surface area contributed by atoms with E-state index >= 15 is 0 Å². The van der Waals surface area contributed by atoms with E-state index in [4.69, 9.17) is 0 Å². The third-order valence-electron chi connectivity index (χ3n) is 4.92. The van der Waals surface area contributed by atoms with Gasteiger partial charge in [0.25, 0.3) is 0 Å². The number of benzene rings is 2. The van der Waals surface area contributed by atoms with Crippen molar-refractivity contribution in [3.63, 3.8) is 0 Å². The highest BCUT2D eigenvalue weighted by atomic mass is 16.1. The summed E-state index contributed by atoms with van der Waals surface area (Å²) in [6.07, 6.45) is 4.70. The molecule has 0 spiro atoms. The van der Waals surface area contributed by atoms with Gasteiger partial charge in [0.15, 0.2) is 5.78 Å². The molecule has 2 aromatic carbocycles. The third-order valence-corrected chi connectivity index (χ3v) is 4.92. The van der Waals surface area contributed by atoms with Gasteiger partial charge >= 0.3 is 0 Å². The molecule has 0 aliphatic rings. The van der Waals surface area contributed by atoms with Gasteiger partial charge in [0, 0.05) is 18.0 Å². The van der Waals surface area contributed by atoms with Gasteiger partial charge in [-0.1, -0.05) is 43.3 Å². The molecule has 0 N–H and O–H groups in total. The number of hydrogen-bond acceptors (Lipinski definition) is 3. The highest BCUT2D eigenvalue weighted by molar-refractivity contribution is 5.98. The summed E-state index contributed by atoms with van der Waals surface area (Å²) < 4.78 is 1.87. The molecule has 0 saturated carbocycles. The van der Waals surface area contributed by atoms with Crippen LogP contribution < -0.4 is 0 Å². The van der Waals surface area contributed by atoms with Crippen LogP contribution >= 0.6 is 0 Å². The molecule has 0 bridgehead atoms. The molecule has 134 valence electrons. The van der Waals surface area contributed by atoms with Crippen LogP contribution in [0.15, 0.2) is 67.0 Å². The lowest BCUT2D eigenvalue weighted by Gasteiger charge is -2.10. The molecule has 4 aromatic rings. The van der Waals surface area contributed by atoms with E-state index in [0.717, 1.165) is 34.3 Å². The van der Waals surface area contributed by atoms with Gasteiger partial charge in [0.05, 0.1) is 28.7 Å². The molecule has 0 radical (unpaired) electrons. The van der Waals surface area contributed by atoms with Crippen molar-refractivity contribution in [3.05, 3.63) is 89.4 Å². The fraction of sp³-hybridized carbons (Fsp3) is 0.174. The molecule has 0 fully saturated rings. The molecule has 0 saturated heterocycles. The molecule has 2 heterocycles. The second-order valence-electron chi connectivity index (χ2n) is 6.67. The first-order valence-corrected chi connectivity index (χ1v) is 9.17. The second kappa shape index (κ2) is 7.16. The minimum Gasteiger partial charge on any atom is -0.294 e. The van der Waals surface area contributed by atoms with Gasteiger partial charge in [-0.25, -0.2) is 4.68 Å². The van der Waals surface area contributed by atoms with Crippen molar-refractivity contribution < 1.29 is 4.79 Å². The van der Waals surface area contributed by atoms with Crippen molar-refractivity contribution in [2.75, 3.05) is 0 Å². The lowest BCUT2D eigenvalue weighted by atomic mass is 10.0. The summed E-state index contributed by atoms with van der Waals surface area (Å²) in [7, 11) is 0. The van der Waals surface area contributed by atoms with Crippen molar-refractivity contribution in [1.29, 1.82) is 0 Å². The first kappa shape index (κ1) is 17.2. The normalized spacial score (nSPS) is 11.0. The molecule has 0 atom stereocenters. The number of carbonyl (C=O) groups is 1. The Bertz CT molecular complexity index is 1130.